The maximum absolute atomic E-state index is 6.44. The highest BCUT2D eigenvalue weighted by Crippen LogP contribution is 2.38. The SMILES string of the molecule is CCCOc1cccc(N)c1O[C@@H](c1ccccc1)C1CN(P)CCO1. The van der Waals surface area contributed by atoms with Crippen LogP contribution in [0.2, 0.25) is 0 Å². The van der Waals surface area contributed by atoms with Gasteiger partial charge in [0.05, 0.1) is 18.9 Å². The molecule has 2 aromatic carbocycles. The molecule has 1 aliphatic rings. The van der Waals surface area contributed by atoms with Gasteiger partial charge in [-0.25, -0.2) is 0 Å². The van der Waals surface area contributed by atoms with E-state index in [9.17, 15) is 0 Å². The number of ether oxygens (including phenoxy) is 3. The third-order valence-electron chi connectivity index (χ3n) is 4.31. The predicted molar refractivity (Wildman–Crippen MR) is 107 cm³/mol. The smallest absolute Gasteiger partial charge is 0.185 e. The predicted octanol–water partition coefficient (Wildman–Crippen LogP) is 3.67. The molecule has 26 heavy (non-hydrogen) atoms. The first-order chi connectivity index (χ1) is 12.7. The average molecular weight is 374 g/mol. The summed E-state index contributed by atoms with van der Waals surface area (Å²) in [5.74, 6) is 1.26. The number of benzene rings is 2. The lowest BCUT2D eigenvalue weighted by atomic mass is 10.0. The van der Waals surface area contributed by atoms with E-state index in [0.29, 0.717) is 30.4 Å². The topological polar surface area (TPSA) is 57.0 Å². The van der Waals surface area contributed by atoms with Gasteiger partial charge in [0.2, 0.25) is 0 Å². The summed E-state index contributed by atoms with van der Waals surface area (Å²) in [6, 6.07) is 15.7. The molecular formula is C20H27N2O3P. The lowest BCUT2D eigenvalue weighted by molar-refractivity contribution is -0.0622. The third kappa shape index (κ3) is 4.67. The number of para-hydroxylation sites is 1. The maximum atomic E-state index is 6.44. The number of nitrogens with zero attached hydrogens (tertiary/aromatic N) is 1. The fourth-order valence-electron chi connectivity index (χ4n) is 2.99. The van der Waals surface area contributed by atoms with Gasteiger partial charge in [-0.05, 0) is 24.1 Å². The molecule has 0 radical (unpaired) electrons. The number of morpholine rings is 1. The average Bonchev–Trinajstić information content (AvgIpc) is 2.66. The van der Waals surface area contributed by atoms with Crippen LogP contribution in [-0.2, 0) is 4.74 Å². The Morgan fingerprint density at radius 3 is 2.77 bits per heavy atom. The van der Waals surface area contributed by atoms with Crippen LogP contribution < -0.4 is 15.2 Å². The van der Waals surface area contributed by atoms with Crippen molar-refractivity contribution in [1.29, 1.82) is 0 Å². The van der Waals surface area contributed by atoms with Crippen LogP contribution in [-0.4, -0.2) is 37.1 Å². The van der Waals surface area contributed by atoms with Gasteiger partial charge in [-0.1, -0.05) is 52.7 Å². The zero-order chi connectivity index (χ0) is 18.4. The number of rotatable bonds is 7. The lowest BCUT2D eigenvalue weighted by Crippen LogP contribution is -2.42. The molecule has 3 atom stereocenters. The first-order valence-electron chi connectivity index (χ1n) is 9.03. The summed E-state index contributed by atoms with van der Waals surface area (Å²) in [6.07, 6.45) is 0.555. The normalized spacial score (nSPS) is 19.1. The van der Waals surface area contributed by atoms with Crippen molar-refractivity contribution in [2.24, 2.45) is 0 Å². The van der Waals surface area contributed by atoms with Gasteiger partial charge in [-0.3, -0.25) is 4.67 Å². The Hall–Kier alpha value is -1.81. The quantitative estimate of drug-likeness (QED) is 0.592. The highest BCUT2D eigenvalue weighted by atomic mass is 31.0. The molecular weight excluding hydrogens is 347 g/mol. The summed E-state index contributed by atoms with van der Waals surface area (Å²) < 4.78 is 20.5. The fraction of sp³-hybridized carbons (Fsp3) is 0.400. The van der Waals surface area contributed by atoms with Crippen molar-refractivity contribution < 1.29 is 14.2 Å². The van der Waals surface area contributed by atoms with Gasteiger partial charge in [-0.15, -0.1) is 0 Å². The third-order valence-corrected chi connectivity index (χ3v) is 4.78. The minimum Gasteiger partial charge on any atom is -0.490 e. The molecule has 140 valence electrons. The number of anilines is 1. The van der Waals surface area contributed by atoms with Gasteiger partial charge in [0.1, 0.15) is 6.10 Å². The first-order valence-corrected chi connectivity index (χ1v) is 9.54. The minimum absolute atomic E-state index is 0.0951. The minimum atomic E-state index is -0.270. The Labute approximate surface area is 157 Å². The molecule has 0 amide bonds. The van der Waals surface area contributed by atoms with Crippen molar-refractivity contribution in [1.82, 2.24) is 4.67 Å². The van der Waals surface area contributed by atoms with Gasteiger partial charge in [0, 0.05) is 13.1 Å². The lowest BCUT2D eigenvalue weighted by Gasteiger charge is -2.35. The van der Waals surface area contributed by atoms with Crippen LogP contribution in [0.1, 0.15) is 25.0 Å². The van der Waals surface area contributed by atoms with E-state index in [1.165, 1.54) is 0 Å². The van der Waals surface area contributed by atoms with E-state index in [2.05, 4.69) is 33.1 Å². The fourth-order valence-corrected chi connectivity index (χ4v) is 3.31. The van der Waals surface area contributed by atoms with Crippen LogP contribution in [0.5, 0.6) is 11.5 Å². The molecule has 1 aliphatic heterocycles. The molecule has 3 rings (SSSR count). The standard InChI is InChI=1S/C20H27N2O3P/c1-2-12-23-17-10-6-9-16(21)20(17)25-19(15-7-4-3-5-8-15)18-14-22(26)11-13-24-18/h3-10,18-19H,2,11-14,21,26H2,1H3/t18?,19-/m0/s1. The zero-order valence-electron chi connectivity index (χ0n) is 15.1. The van der Waals surface area contributed by atoms with Gasteiger partial charge in [-0.2, -0.15) is 0 Å². The van der Waals surface area contributed by atoms with Gasteiger partial charge in [0.25, 0.3) is 0 Å². The molecule has 1 saturated heterocycles. The Kier molecular flexibility index (Phi) is 6.73. The highest BCUT2D eigenvalue weighted by Gasteiger charge is 2.31. The molecule has 2 N–H and O–H groups in total. The van der Waals surface area contributed by atoms with E-state index in [0.717, 1.165) is 25.1 Å². The van der Waals surface area contributed by atoms with E-state index in [1.807, 2.05) is 36.4 Å². The Morgan fingerprint density at radius 2 is 2.04 bits per heavy atom. The molecule has 0 aliphatic carbocycles. The van der Waals surface area contributed by atoms with Crippen LogP contribution in [0, 0.1) is 0 Å². The summed E-state index contributed by atoms with van der Waals surface area (Å²) in [4.78, 5) is 0. The molecule has 2 aromatic rings. The largest absolute Gasteiger partial charge is 0.490 e. The van der Waals surface area contributed by atoms with E-state index in [1.54, 1.807) is 0 Å². The summed E-state index contributed by atoms with van der Waals surface area (Å²) in [5, 5.41) is 0. The summed E-state index contributed by atoms with van der Waals surface area (Å²) >= 11 is 0. The first kappa shape index (κ1) is 19.0. The molecule has 1 heterocycles. The molecule has 0 bridgehead atoms. The summed E-state index contributed by atoms with van der Waals surface area (Å²) in [7, 11) is 2.75. The van der Waals surface area contributed by atoms with E-state index in [-0.39, 0.29) is 12.2 Å². The molecule has 5 nitrogen and oxygen atoms in total. The van der Waals surface area contributed by atoms with Crippen molar-refractivity contribution in [3.05, 3.63) is 54.1 Å². The van der Waals surface area contributed by atoms with Crippen molar-refractivity contribution in [2.45, 2.75) is 25.6 Å². The highest BCUT2D eigenvalue weighted by molar-refractivity contribution is 7.13. The Bertz CT molecular complexity index is 699. The van der Waals surface area contributed by atoms with Crippen LogP contribution >= 0.6 is 9.39 Å². The second-order valence-electron chi connectivity index (χ2n) is 6.38. The molecule has 1 fully saturated rings. The van der Waals surface area contributed by atoms with E-state index < -0.39 is 0 Å². The van der Waals surface area contributed by atoms with E-state index in [4.69, 9.17) is 19.9 Å². The molecule has 0 saturated carbocycles. The van der Waals surface area contributed by atoms with Crippen LogP contribution in [0.4, 0.5) is 5.69 Å². The van der Waals surface area contributed by atoms with Crippen molar-refractivity contribution in [2.75, 3.05) is 32.0 Å². The Balaban J connectivity index is 1.91. The molecule has 2 unspecified atom stereocenters. The number of nitrogens with two attached hydrogens (primary N) is 1. The van der Waals surface area contributed by atoms with Crippen LogP contribution in [0.25, 0.3) is 0 Å². The second-order valence-corrected chi connectivity index (χ2v) is 7.11. The number of nitrogen functional groups attached to an aromatic ring is 1. The maximum Gasteiger partial charge on any atom is 0.185 e. The van der Waals surface area contributed by atoms with Crippen molar-refractivity contribution >= 4 is 15.1 Å². The number of hydrogen-bond donors (Lipinski definition) is 1. The molecule has 6 heteroatoms. The second kappa shape index (κ2) is 9.22. The van der Waals surface area contributed by atoms with Gasteiger partial charge >= 0.3 is 0 Å². The molecule has 0 spiro atoms. The van der Waals surface area contributed by atoms with Crippen LogP contribution in [0.3, 0.4) is 0 Å². The van der Waals surface area contributed by atoms with Gasteiger partial charge in [0.15, 0.2) is 17.6 Å². The summed E-state index contributed by atoms with van der Waals surface area (Å²) in [6.45, 7) is 5.02. The molecule has 0 aromatic heterocycles. The zero-order valence-corrected chi connectivity index (χ0v) is 16.3. The summed E-state index contributed by atoms with van der Waals surface area (Å²) in [5.41, 5.74) is 7.84. The van der Waals surface area contributed by atoms with Crippen molar-refractivity contribution in [3.63, 3.8) is 0 Å². The monoisotopic (exact) mass is 374 g/mol. The number of hydrogen-bond acceptors (Lipinski definition) is 5. The Morgan fingerprint density at radius 1 is 1.23 bits per heavy atom. The van der Waals surface area contributed by atoms with Crippen molar-refractivity contribution in [3.8, 4) is 11.5 Å². The van der Waals surface area contributed by atoms with Crippen LogP contribution in [0.15, 0.2) is 48.5 Å². The van der Waals surface area contributed by atoms with Gasteiger partial charge < -0.3 is 19.9 Å². The van der Waals surface area contributed by atoms with E-state index >= 15 is 0 Å².